The van der Waals surface area contributed by atoms with E-state index in [9.17, 15) is 8.42 Å². The molecule has 0 aliphatic carbocycles. The van der Waals surface area contributed by atoms with Crippen LogP contribution >= 0.6 is 0 Å². The number of nitrogen functional groups attached to an aromatic ring is 1. The van der Waals surface area contributed by atoms with Crippen molar-refractivity contribution in [3.05, 3.63) is 24.3 Å². The molecule has 0 amide bonds. The molecule has 0 heterocycles. The highest BCUT2D eigenvalue weighted by molar-refractivity contribution is 7.89. The Kier molecular flexibility index (Phi) is 6.11. The third-order valence-corrected chi connectivity index (χ3v) is 4.65. The molecule has 0 saturated heterocycles. The molecule has 0 aromatic heterocycles. The predicted molar refractivity (Wildman–Crippen MR) is 77.7 cm³/mol. The molecule has 0 radical (unpaired) electrons. The molecule has 0 spiro atoms. The number of para-hydroxylation sites is 2. The lowest BCUT2D eigenvalue weighted by molar-refractivity contribution is 0.336. The van der Waals surface area contributed by atoms with E-state index in [1.54, 1.807) is 24.3 Å². The second-order valence-corrected chi connectivity index (χ2v) is 6.28. The molecular weight excluding hydrogens is 264 g/mol. The highest BCUT2D eigenvalue weighted by Gasteiger charge is 2.19. The van der Waals surface area contributed by atoms with E-state index in [1.165, 1.54) is 4.31 Å². The number of hydrogen-bond acceptors (Lipinski definition) is 4. The molecule has 1 rings (SSSR count). The van der Waals surface area contributed by atoms with Gasteiger partial charge >= 0.3 is 0 Å². The largest absolute Gasteiger partial charge is 0.490 e. The first-order valence-electron chi connectivity index (χ1n) is 6.46. The molecular formula is C13H22N2O3S. The van der Waals surface area contributed by atoms with E-state index in [4.69, 9.17) is 10.5 Å². The fourth-order valence-electron chi connectivity index (χ4n) is 1.74. The average Bonchev–Trinajstić information content (AvgIpc) is 2.38. The Morgan fingerprint density at radius 3 is 2.53 bits per heavy atom. The van der Waals surface area contributed by atoms with Gasteiger partial charge in [0.1, 0.15) is 12.4 Å². The van der Waals surface area contributed by atoms with Crippen molar-refractivity contribution in [3.63, 3.8) is 0 Å². The maximum absolute atomic E-state index is 12.0. The minimum absolute atomic E-state index is 0.0326. The zero-order valence-corrected chi connectivity index (χ0v) is 12.3. The Morgan fingerprint density at radius 2 is 1.95 bits per heavy atom. The van der Waals surface area contributed by atoms with E-state index < -0.39 is 10.0 Å². The summed E-state index contributed by atoms with van der Waals surface area (Å²) in [5, 5.41) is 0. The highest BCUT2D eigenvalue weighted by atomic mass is 32.2. The van der Waals surface area contributed by atoms with Gasteiger partial charge < -0.3 is 10.5 Å². The Labute approximate surface area is 115 Å². The zero-order valence-electron chi connectivity index (χ0n) is 11.5. The summed E-state index contributed by atoms with van der Waals surface area (Å²) in [6.07, 6.45) is 0.805. The molecule has 0 fully saturated rings. The molecule has 2 N–H and O–H groups in total. The topological polar surface area (TPSA) is 72.6 Å². The maximum atomic E-state index is 12.0. The first-order valence-corrected chi connectivity index (χ1v) is 8.07. The van der Waals surface area contributed by atoms with Crippen molar-refractivity contribution in [1.82, 2.24) is 4.31 Å². The van der Waals surface area contributed by atoms with Gasteiger partial charge in [0.2, 0.25) is 10.0 Å². The van der Waals surface area contributed by atoms with Gasteiger partial charge in [-0.05, 0) is 18.6 Å². The van der Waals surface area contributed by atoms with Crippen LogP contribution in [-0.4, -0.2) is 38.2 Å². The van der Waals surface area contributed by atoms with Crippen LogP contribution in [0.5, 0.6) is 5.75 Å². The molecule has 1 aromatic carbocycles. The van der Waals surface area contributed by atoms with E-state index in [0.717, 1.165) is 6.42 Å². The van der Waals surface area contributed by atoms with Crippen LogP contribution in [0.2, 0.25) is 0 Å². The van der Waals surface area contributed by atoms with Crippen molar-refractivity contribution in [1.29, 1.82) is 0 Å². The van der Waals surface area contributed by atoms with Gasteiger partial charge in [-0.1, -0.05) is 26.0 Å². The molecule has 5 nitrogen and oxygen atoms in total. The molecule has 19 heavy (non-hydrogen) atoms. The molecule has 0 aliphatic rings. The first kappa shape index (κ1) is 15.8. The number of anilines is 1. The average molecular weight is 286 g/mol. The van der Waals surface area contributed by atoms with Crippen LogP contribution in [0.1, 0.15) is 20.3 Å². The number of nitrogens with two attached hydrogens (primary N) is 1. The summed E-state index contributed by atoms with van der Waals surface area (Å²) >= 11 is 0. The molecule has 0 atom stereocenters. The quantitative estimate of drug-likeness (QED) is 0.738. The number of rotatable bonds is 8. The minimum atomic E-state index is -3.25. The van der Waals surface area contributed by atoms with Crippen LogP contribution in [0.15, 0.2) is 24.3 Å². The van der Waals surface area contributed by atoms with Gasteiger partial charge in [-0.3, -0.25) is 0 Å². The lowest BCUT2D eigenvalue weighted by atomic mass is 10.3. The van der Waals surface area contributed by atoms with E-state index in [-0.39, 0.29) is 12.4 Å². The fraction of sp³-hybridized carbons (Fsp3) is 0.538. The Bertz CT molecular complexity index is 488. The maximum Gasteiger partial charge on any atom is 0.217 e. The summed E-state index contributed by atoms with van der Waals surface area (Å²) in [4.78, 5) is 0. The van der Waals surface area contributed by atoms with Crippen molar-refractivity contribution in [2.75, 3.05) is 31.2 Å². The van der Waals surface area contributed by atoms with Gasteiger partial charge in [-0.2, -0.15) is 0 Å². The van der Waals surface area contributed by atoms with Crippen molar-refractivity contribution >= 4 is 15.7 Å². The monoisotopic (exact) mass is 286 g/mol. The number of nitrogens with zero attached hydrogens (tertiary/aromatic N) is 1. The van der Waals surface area contributed by atoms with Crippen LogP contribution in [0.4, 0.5) is 5.69 Å². The summed E-state index contributed by atoms with van der Waals surface area (Å²) in [5.74, 6) is 0.492. The molecule has 0 saturated carbocycles. The summed E-state index contributed by atoms with van der Waals surface area (Å²) < 4.78 is 31.0. The van der Waals surface area contributed by atoms with Crippen LogP contribution < -0.4 is 10.5 Å². The van der Waals surface area contributed by atoms with Gasteiger partial charge in [0.25, 0.3) is 0 Å². The van der Waals surface area contributed by atoms with Crippen LogP contribution in [-0.2, 0) is 10.0 Å². The summed E-state index contributed by atoms with van der Waals surface area (Å²) in [5.41, 5.74) is 6.23. The van der Waals surface area contributed by atoms with E-state index in [2.05, 4.69) is 0 Å². The zero-order chi connectivity index (χ0) is 14.3. The molecule has 0 aliphatic heterocycles. The number of benzene rings is 1. The lowest BCUT2D eigenvalue weighted by Crippen LogP contribution is -2.35. The van der Waals surface area contributed by atoms with Crippen LogP contribution in [0.25, 0.3) is 0 Å². The van der Waals surface area contributed by atoms with E-state index in [1.807, 2.05) is 13.8 Å². The first-order chi connectivity index (χ1) is 9.01. The van der Waals surface area contributed by atoms with Crippen molar-refractivity contribution in [2.24, 2.45) is 0 Å². The van der Waals surface area contributed by atoms with Gasteiger partial charge in [0.15, 0.2) is 0 Å². The number of sulfonamides is 1. The molecule has 6 heteroatoms. The Hall–Kier alpha value is -1.27. The second-order valence-electron chi connectivity index (χ2n) is 4.19. The van der Waals surface area contributed by atoms with Crippen LogP contribution in [0.3, 0.4) is 0 Å². The third kappa shape index (κ3) is 4.72. The summed E-state index contributed by atoms with van der Waals surface area (Å²) in [6.45, 7) is 4.94. The normalized spacial score (nSPS) is 11.7. The van der Waals surface area contributed by atoms with Gasteiger partial charge in [0, 0.05) is 13.1 Å². The number of ether oxygens (including phenoxy) is 1. The lowest BCUT2D eigenvalue weighted by Gasteiger charge is -2.19. The summed E-state index contributed by atoms with van der Waals surface area (Å²) in [6, 6.07) is 7.06. The van der Waals surface area contributed by atoms with Crippen molar-refractivity contribution in [2.45, 2.75) is 20.3 Å². The van der Waals surface area contributed by atoms with Crippen molar-refractivity contribution in [3.8, 4) is 5.75 Å². The highest BCUT2D eigenvalue weighted by Crippen LogP contribution is 2.19. The molecule has 0 bridgehead atoms. The Morgan fingerprint density at radius 1 is 1.26 bits per heavy atom. The number of hydrogen-bond donors (Lipinski definition) is 1. The molecule has 1 aromatic rings. The Balaban J connectivity index is 2.54. The molecule has 0 unspecified atom stereocenters. The summed E-state index contributed by atoms with van der Waals surface area (Å²) in [7, 11) is -3.25. The second kappa shape index (κ2) is 7.35. The van der Waals surface area contributed by atoms with Crippen molar-refractivity contribution < 1.29 is 13.2 Å². The smallest absolute Gasteiger partial charge is 0.217 e. The SMILES string of the molecule is CCCN(CC)S(=O)(=O)CCOc1ccccc1N. The van der Waals surface area contributed by atoms with E-state index in [0.29, 0.717) is 24.5 Å². The van der Waals surface area contributed by atoms with E-state index >= 15 is 0 Å². The predicted octanol–water partition coefficient (Wildman–Crippen LogP) is 1.71. The van der Waals surface area contributed by atoms with Gasteiger partial charge in [-0.25, -0.2) is 12.7 Å². The minimum Gasteiger partial charge on any atom is -0.490 e. The molecule has 108 valence electrons. The van der Waals surface area contributed by atoms with Gasteiger partial charge in [0.05, 0.1) is 11.4 Å². The fourth-order valence-corrected chi connectivity index (χ4v) is 3.15. The standard InChI is InChI=1S/C13H22N2O3S/c1-3-9-15(4-2)19(16,17)11-10-18-13-8-6-5-7-12(13)14/h5-8H,3-4,9-11,14H2,1-2H3. The van der Waals surface area contributed by atoms with Crippen LogP contribution in [0, 0.1) is 0 Å². The van der Waals surface area contributed by atoms with Gasteiger partial charge in [-0.15, -0.1) is 0 Å². The third-order valence-electron chi connectivity index (χ3n) is 2.74.